The lowest BCUT2D eigenvalue weighted by molar-refractivity contribution is -0.129. The van der Waals surface area contributed by atoms with E-state index in [1.807, 2.05) is 17.2 Å². The number of rotatable bonds is 5. The van der Waals surface area contributed by atoms with Gasteiger partial charge in [0.25, 0.3) is 0 Å². The van der Waals surface area contributed by atoms with Crippen molar-refractivity contribution in [3.05, 3.63) is 22.4 Å². The highest BCUT2D eigenvalue weighted by Crippen LogP contribution is 2.17. The lowest BCUT2D eigenvalue weighted by Gasteiger charge is -2.17. The minimum Gasteiger partial charge on any atom is -0.341 e. The molecule has 2 N–H and O–H groups in total. The van der Waals surface area contributed by atoms with Crippen molar-refractivity contribution in [1.82, 2.24) is 15.5 Å². The number of amides is 3. The van der Waals surface area contributed by atoms with Gasteiger partial charge in [0.2, 0.25) is 5.91 Å². The van der Waals surface area contributed by atoms with Crippen molar-refractivity contribution in [2.75, 3.05) is 19.6 Å². The Kier molecular flexibility index (Phi) is 5.61. The van der Waals surface area contributed by atoms with Crippen LogP contribution >= 0.6 is 11.3 Å². The Balaban J connectivity index is 1.69. The maximum absolute atomic E-state index is 11.9. The third-order valence-corrected chi connectivity index (χ3v) is 4.56. The second-order valence-electron chi connectivity index (χ2n) is 5.49. The predicted octanol–water partition coefficient (Wildman–Crippen LogP) is 2.16. The van der Waals surface area contributed by atoms with Crippen molar-refractivity contribution < 1.29 is 9.59 Å². The largest absolute Gasteiger partial charge is 0.341 e. The Labute approximate surface area is 129 Å². The Morgan fingerprint density at radius 3 is 3.00 bits per heavy atom. The predicted molar refractivity (Wildman–Crippen MR) is 84.5 cm³/mol. The van der Waals surface area contributed by atoms with Gasteiger partial charge < -0.3 is 15.5 Å². The van der Waals surface area contributed by atoms with Crippen molar-refractivity contribution in [3.63, 3.8) is 0 Å². The molecule has 0 spiro atoms. The molecular weight excluding hydrogens is 286 g/mol. The second kappa shape index (κ2) is 7.45. The van der Waals surface area contributed by atoms with Gasteiger partial charge in [0.1, 0.15) is 0 Å². The zero-order valence-electron chi connectivity index (χ0n) is 12.6. The number of urea groups is 1. The third kappa shape index (κ3) is 4.46. The summed E-state index contributed by atoms with van der Waals surface area (Å²) >= 11 is 1.67. The second-order valence-corrected chi connectivity index (χ2v) is 6.27. The topological polar surface area (TPSA) is 61.4 Å². The van der Waals surface area contributed by atoms with E-state index in [-0.39, 0.29) is 18.0 Å². The molecular formula is C15H23N3O2S. The number of nitrogens with one attached hydrogen (secondary N) is 2. The van der Waals surface area contributed by atoms with Gasteiger partial charge in [0.05, 0.1) is 0 Å². The number of carbonyl (C=O) groups is 2. The lowest BCUT2D eigenvalue weighted by Crippen LogP contribution is -2.44. The van der Waals surface area contributed by atoms with Crippen LogP contribution in [0.5, 0.6) is 0 Å². The van der Waals surface area contributed by atoms with Gasteiger partial charge in [0, 0.05) is 32.1 Å². The molecule has 1 aliphatic heterocycles. The molecule has 21 heavy (non-hydrogen) atoms. The van der Waals surface area contributed by atoms with Crippen molar-refractivity contribution in [2.45, 2.75) is 38.6 Å². The van der Waals surface area contributed by atoms with Crippen molar-refractivity contribution in [2.24, 2.45) is 0 Å². The number of likely N-dealkylation sites (tertiary alicyclic amines) is 1. The fraction of sp³-hybridized carbons (Fsp3) is 0.600. The van der Waals surface area contributed by atoms with Crippen LogP contribution in [0.25, 0.3) is 0 Å². The molecule has 3 amide bonds. The van der Waals surface area contributed by atoms with Crippen molar-refractivity contribution in [3.8, 4) is 0 Å². The van der Waals surface area contributed by atoms with Gasteiger partial charge in [0.15, 0.2) is 0 Å². The fourth-order valence-corrected chi connectivity index (χ4v) is 3.27. The van der Waals surface area contributed by atoms with E-state index < -0.39 is 0 Å². The van der Waals surface area contributed by atoms with Gasteiger partial charge in [-0.05, 0) is 34.7 Å². The summed E-state index contributed by atoms with van der Waals surface area (Å²) < 4.78 is 0. The molecule has 1 saturated heterocycles. The van der Waals surface area contributed by atoms with Crippen LogP contribution in [0.3, 0.4) is 0 Å². The summed E-state index contributed by atoms with van der Waals surface area (Å²) in [5, 5.41) is 10.0. The zero-order chi connectivity index (χ0) is 15.2. The van der Waals surface area contributed by atoms with E-state index in [1.165, 1.54) is 5.56 Å². The van der Waals surface area contributed by atoms with Crippen LogP contribution in [0, 0.1) is 0 Å². The Bertz CT molecular complexity index is 475. The number of nitrogens with zero attached hydrogens (tertiary/aromatic N) is 1. The average Bonchev–Trinajstić information content (AvgIpc) is 3.15. The first-order valence-electron chi connectivity index (χ1n) is 7.44. The summed E-state index contributed by atoms with van der Waals surface area (Å²) in [4.78, 5) is 25.3. The standard InChI is InChI=1S/C15H23N3O2S/c1-3-14(19)18-6-4-13(9-18)17-15(20)16-8-11(2)12-5-7-21-10-12/h5,7,10-11,13H,3-4,6,8-9H2,1-2H3,(H2,16,17,20)/t11-,13+/m0/s1. The molecule has 1 aromatic heterocycles. The molecule has 116 valence electrons. The fourth-order valence-electron chi connectivity index (χ4n) is 2.48. The van der Waals surface area contributed by atoms with Crippen LogP contribution in [0.2, 0.25) is 0 Å². The number of carbonyl (C=O) groups excluding carboxylic acids is 2. The molecule has 0 unspecified atom stereocenters. The smallest absolute Gasteiger partial charge is 0.315 e. The first-order valence-corrected chi connectivity index (χ1v) is 8.38. The Morgan fingerprint density at radius 2 is 2.33 bits per heavy atom. The van der Waals surface area contributed by atoms with E-state index in [1.54, 1.807) is 11.3 Å². The molecule has 2 rings (SSSR count). The summed E-state index contributed by atoms with van der Waals surface area (Å²) in [5.41, 5.74) is 1.25. The van der Waals surface area contributed by atoms with Crippen LogP contribution in [0.15, 0.2) is 16.8 Å². The summed E-state index contributed by atoms with van der Waals surface area (Å²) in [6, 6.07) is 2.00. The first-order chi connectivity index (χ1) is 10.1. The number of hydrogen-bond acceptors (Lipinski definition) is 3. The first kappa shape index (κ1) is 15.8. The minimum atomic E-state index is -0.145. The third-order valence-electron chi connectivity index (χ3n) is 3.86. The van der Waals surface area contributed by atoms with E-state index in [9.17, 15) is 9.59 Å². The minimum absolute atomic E-state index is 0.0666. The lowest BCUT2D eigenvalue weighted by atomic mass is 10.1. The van der Waals surface area contributed by atoms with Crippen LogP contribution in [-0.4, -0.2) is 42.5 Å². The van der Waals surface area contributed by atoms with Gasteiger partial charge in [-0.15, -0.1) is 0 Å². The Hall–Kier alpha value is -1.56. The summed E-state index contributed by atoms with van der Waals surface area (Å²) in [6.07, 6.45) is 1.36. The molecule has 6 heteroatoms. The van der Waals surface area contributed by atoms with Gasteiger partial charge >= 0.3 is 6.03 Å². The molecule has 0 bridgehead atoms. The number of hydrogen-bond donors (Lipinski definition) is 2. The average molecular weight is 309 g/mol. The highest BCUT2D eigenvalue weighted by molar-refractivity contribution is 7.07. The Morgan fingerprint density at radius 1 is 1.52 bits per heavy atom. The van der Waals surface area contributed by atoms with Crippen LogP contribution in [-0.2, 0) is 4.79 Å². The molecule has 0 saturated carbocycles. The highest BCUT2D eigenvalue weighted by atomic mass is 32.1. The molecule has 0 aromatic carbocycles. The molecule has 2 heterocycles. The van der Waals surface area contributed by atoms with Gasteiger partial charge in [-0.1, -0.05) is 13.8 Å². The van der Waals surface area contributed by atoms with Crippen molar-refractivity contribution >= 4 is 23.3 Å². The van der Waals surface area contributed by atoms with Gasteiger partial charge in [-0.25, -0.2) is 4.79 Å². The maximum Gasteiger partial charge on any atom is 0.315 e. The van der Waals surface area contributed by atoms with Crippen molar-refractivity contribution in [1.29, 1.82) is 0 Å². The van der Waals surface area contributed by atoms with Crippen LogP contribution in [0.1, 0.15) is 38.2 Å². The molecule has 1 aromatic rings. The SMILES string of the molecule is CCC(=O)N1CC[C@@H](NC(=O)NC[C@H](C)c2ccsc2)C1. The van der Waals surface area contributed by atoms with E-state index >= 15 is 0 Å². The summed E-state index contributed by atoms with van der Waals surface area (Å²) in [6.45, 7) is 5.94. The quantitative estimate of drug-likeness (QED) is 0.875. The normalized spacial score (nSPS) is 19.3. The molecule has 1 fully saturated rings. The highest BCUT2D eigenvalue weighted by Gasteiger charge is 2.26. The zero-order valence-corrected chi connectivity index (χ0v) is 13.4. The molecule has 1 aliphatic rings. The van der Waals surface area contributed by atoms with E-state index in [0.717, 1.165) is 13.0 Å². The summed E-state index contributed by atoms with van der Waals surface area (Å²) in [7, 11) is 0. The van der Waals surface area contributed by atoms with Crippen LogP contribution < -0.4 is 10.6 Å². The number of thiophene rings is 1. The summed E-state index contributed by atoms with van der Waals surface area (Å²) in [5.74, 6) is 0.467. The van der Waals surface area contributed by atoms with E-state index in [2.05, 4.69) is 29.0 Å². The molecule has 0 radical (unpaired) electrons. The molecule has 0 aliphatic carbocycles. The van der Waals surface area contributed by atoms with Gasteiger partial charge in [-0.3, -0.25) is 4.79 Å². The maximum atomic E-state index is 11.9. The van der Waals surface area contributed by atoms with E-state index in [4.69, 9.17) is 0 Å². The monoisotopic (exact) mass is 309 g/mol. The van der Waals surface area contributed by atoms with Gasteiger partial charge in [-0.2, -0.15) is 11.3 Å². The molecule has 2 atom stereocenters. The molecule has 5 nitrogen and oxygen atoms in total. The van der Waals surface area contributed by atoms with Crippen LogP contribution in [0.4, 0.5) is 4.79 Å². The van der Waals surface area contributed by atoms with E-state index in [0.29, 0.717) is 25.4 Å².